The molecule has 0 unspecified atom stereocenters. The minimum Gasteiger partial charge on any atom is -0.395 e. The molecule has 0 aromatic carbocycles. The van der Waals surface area contributed by atoms with Crippen LogP contribution in [0.4, 0.5) is 8.78 Å². The van der Waals surface area contributed by atoms with Gasteiger partial charge in [0.2, 0.25) is 0 Å². The molecule has 0 aromatic rings. The van der Waals surface area contributed by atoms with Gasteiger partial charge in [0.05, 0.1) is 5.71 Å². The van der Waals surface area contributed by atoms with E-state index in [1.54, 1.807) is 0 Å². The van der Waals surface area contributed by atoms with Crippen LogP contribution < -0.4 is 5.73 Å². The van der Waals surface area contributed by atoms with Gasteiger partial charge in [-0.2, -0.15) is 8.78 Å². The Bertz CT molecular complexity index is 724. The highest BCUT2D eigenvalue weighted by atomic mass is 35.5. The van der Waals surface area contributed by atoms with Crippen LogP contribution in [-0.2, 0) is 9.63 Å². The Balaban J connectivity index is 0.00000240. The van der Waals surface area contributed by atoms with Gasteiger partial charge >= 0.3 is 0 Å². The first-order valence-corrected chi connectivity index (χ1v) is 10.8. The molecule has 6 atom stereocenters. The molecule has 0 aliphatic heterocycles. The fourth-order valence-corrected chi connectivity index (χ4v) is 7.16. The summed E-state index contributed by atoms with van der Waals surface area (Å²) in [5.41, 5.74) is 6.20. The molecule has 4 rings (SSSR count). The first-order chi connectivity index (χ1) is 13.3. The quantitative estimate of drug-likeness (QED) is 0.499. The van der Waals surface area contributed by atoms with Crippen LogP contribution in [-0.4, -0.2) is 24.6 Å². The predicted molar refractivity (Wildman–Crippen MR) is 111 cm³/mol. The molecule has 0 aromatic heterocycles. The van der Waals surface area contributed by atoms with Crippen molar-refractivity contribution in [3.63, 3.8) is 0 Å². The molecule has 4 saturated carbocycles. The highest BCUT2D eigenvalue weighted by Gasteiger charge is 2.61. The van der Waals surface area contributed by atoms with Gasteiger partial charge in [-0.25, -0.2) is 0 Å². The van der Waals surface area contributed by atoms with E-state index in [4.69, 9.17) is 10.6 Å². The molecule has 0 amide bonds. The molecule has 2 N–H and O–H groups in total. The van der Waals surface area contributed by atoms with E-state index in [-0.39, 0.29) is 41.0 Å². The lowest BCUT2D eigenvalue weighted by Gasteiger charge is -2.59. The van der Waals surface area contributed by atoms with Gasteiger partial charge in [0.25, 0.3) is 6.08 Å². The van der Waals surface area contributed by atoms with Gasteiger partial charge in [0.15, 0.2) is 0 Å². The van der Waals surface area contributed by atoms with Crippen molar-refractivity contribution in [1.82, 2.24) is 0 Å². The average molecular weight is 431 g/mol. The number of rotatable bonds is 3. The van der Waals surface area contributed by atoms with Gasteiger partial charge in [-0.15, -0.1) is 12.4 Å². The fourth-order valence-electron chi connectivity index (χ4n) is 7.16. The Labute approximate surface area is 178 Å². The van der Waals surface area contributed by atoms with E-state index in [2.05, 4.69) is 19.0 Å². The number of oxime groups is 1. The number of hydrogen-bond donors (Lipinski definition) is 1. The summed E-state index contributed by atoms with van der Waals surface area (Å²) in [5, 5.41) is 4.19. The van der Waals surface area contributed by atoms with Crippen molar-refractivity contribution in [3.8, 4) is 0 Å². The van der Waals surface area contributed by atoms with E-state index in [0.717, 1.165) is 37.8 Å². The van der Waals surface area contributed by atoms with E-state index >= 15 is 0 Å². The molecule has 4 fully saturated rings. The van der Waals surface area contributed by atoms with Crippen molar-refractivity contribution in [2.75, 3.05) is 13.2 Å². The van der Waals surface area contributed by atoms with Crippen LogP contribution in [0.2, 0.25) is 0 Å². The standard InChI is InChI=1S/C22H32F2N2O2.ClH/c1-21-7-5-13(26-28-10-9-25)11-18(21)15(20(23)24)12-14-16-3-4-19(27)22(16,2)8-6-17(14)21;/h14,16-18H,3-12,25H2,1-2H3;1H/t14-,16-,17-,18+,21+,22-;/m0./s1. The third kappa shape index (κ3) is 3.54. The number of Topliss-reactive ketones (excluding diaryl/α,β-unsaturated/α-hetero) is 1. The molecule has 0 spiro atoms. The summed E-state index contributed by atoms with van der Waals surface area (Å²) in [6, 6.07) is 0. The molecule has 0 saturated heterocycles. The van der Waals surface area contributed by atoms with Gasteiger partial charge < -0.3 is 10.6 Å². The zero-order valence-corrected chi connectivity index (χ0v) is 18.2. The van der Waals surface area contributed by atoms with Crippen LogP contribution in [0.3, 0.4) is 0 Å². The second-order valence-corrected chi connectivity index (χ2v) is 9.83. The minimum atomic E-state index is -1.52. The molecule has 4 aliphatic carbocycles. The lowest BCUT2D eigenvalue weighted by Crippen LogP contribution is -2.54. The Hall–Kier alpha value is -1.01. The average Bonchev–Trinajstić information content (AvgIpc) is 2.96. The van der Waals surface area contributed by atoms with Gasteiger partial charge in [-0.3, -0.25) is 4.79 Å². The molecule has 7 heteroatoms. The Kier molecular flexibility index (Phi) is 6.45. The number of ketones is 1. The van der Waals surface area contributed by atoms with Crippen molar-refractivity contribution in [3.05, 3.63) is 11.7 Å². The normalized spacial score (nSPS) is 42.6. The second-order valence-electron chi connectivity index (χ2n) is 9.83. The van der Waals surface area contributed by atoms with Crippen molar-refractivity contribution >= 4 is 23.9 Å². The molecule has 29 heavy (non-hydrogen) atoms. The highest BCUT2D eigenvalue weighted by molar-refractivity contribution is 5.87. The predicted octanol–water partition coefficient (Wildman–Crippen LogP) is 5.11. The van der Waals surface area contributed by atoms with Crippen molar-refractivity contribution in [2.45, 2.75) is 65.2 Å². The SMILES string of the molecule is C[C@]12CCC(=NOCCN)C[C@@H]1C(=C(F)F)C[C@@H]1[C@@H]2CC[C@]2(C)C(=O)CC[C@@H]12.Cl. The zero-order valence-electron chi connectivity index (χ0n) is 17.4. The summed E-state index contributed by atoms with van der Waals surface area (Å²) >= 11 is 0. The molecule has 0 heterocycles. The van der Waals surface area contributed by atoms with E-state index < -0.39 is 6.08 Å². The van der Waals surface area contributed by atoms with Crippen LogP contribution in [0.1, 0.15) is 65.2 Å². The third-order valence-corrected chi connectivity index (χ3v) is 8.70. The lowest BCUT2D eigenvalue weighted by molar-refractivity contribution is -0.134. The maximum atomic E-state index is 14.1. The number of halogens is 3. The number of carbonyl (C=O) groups is 1. The van der Waals surface area contributed by atoms with E-state index in [1.165, 1.54) is 0 Å². The van der Waals surface area contributed by atoms with E-state index in [9.17, 15) is 13.6 Å². The van der Waals surface area contributed by atoms with Gasteiger partial charge in [-0.1, -0.05) is 19.0 Å². The van der Waals surface area contributed by atoms with Crippen molar-refractivity contribution in [2.24, 2.45) is 45.4 Å². The summed E-state index contributed by atoms with van der Waals surface area (Å²) in [6.45, 7) is 5.05. The largest absolute Gasteiger partial charge is 0.395 e. The fraction of sp³-hybridized carbons (Fsp3) is 0.818. The molecule has 0 bridgehead atoms. The number of hydrogen-bond acceptors (Lipinski definition) is 4. The molecular weight excluding hydrogens is 398 g/mol. The molecular formula is C22H33ClF2N2O2. The molecule has 0 radical (unpaired) electrons. The number of fused-ring (bicyclic) bond motifs is 5. The third-order valence-electron chi connectivity index (χ3n) is 8.70. The van der Waals surface area contributed by atoms with Gasteiger partial charge in [0.1, 0.15) is 12.4 Å². The first kappa shape index (κ1) is 22.7. The summed E-state index contributed by atoms with van der Waals surface area (Å²) in [4.78, 5) is 17.8. The van der Waals surface area contributed by atoms with Gasteiger partial charge in [0, 0.05) is 18.4 Å². The molecule has 4 nitrogen and oxygen atoms in total. The summed E-state index contributed by atoms with van der Waals surface area (Å²) in [6.07, 6.45) is 4.52. The summed E-state index contributed by atoms with van der Waals surface area (Å²) < 4.78 is 28.2. The van der Waals surface area contributed by atoms with Crippen LogP contribution >= 0.6 is 12.4 Å². The zero-order chi connectivity index (χ0) is 20.1. The smallest absolute Gasteiger partial charge is 0.269 e. The van der Waals surface area contributed by atoms with E-state index in [0.29, 0.717) is 49.7 Å². The monoisotopic (exact) mass is 430 g/mol. The Morgan fingerprint density at radius 2 is 1.93 bits per heavy atom. The highest BCUT2D eigenvalue weighted by Crippen LogP contribution is 2.66. The second kappa shape index (κ2) is 8.26. The number of carbonyl (C=O) groups excluding carboxylic acids is 1. The topological polar surface area (TPSA) is 64.7 Å². The van der Waals surface area contributed by atoms with Crippen molar-refractivity contribution in [1.29, 1.82) is 0 Å². The summed E-state index contributed by atoms with van der Waals surface area (Å²) in [7, 11) is 0. The maximum Gasteiger partial charge on any atom is 0.269 e. The molecule has 4 aliphatic rings. The van der Waals surface area contributed by atoms with Crippen LogP contribution in [0.5, 0.6) is 0 Å². The number of nitrogens with two attached hydrogens (primary N) is 1. The Morgan fingerprint density at radius 3 is 2.62 bits per heavy atom. The first-order valence-electron chi connectivity index (χ1n) is 10.8. The van der Waals surface area contributed by atoms with E-state index in [1.807, 2.05) is 0 Å². The maximum absolute atomic E-state index is 14.1. The van der Waals surface area contributed by atoms with Crippen LogP contribution in [0.15, 0.2) is 16.8 Å². The minimum absolute atomic E-state index is 0. The van der Waals surface area contributed by atoms with Crippen LogP contribution in [0.25, 0.3) is 0 Å². The number of allylic oxidation sites excluding steroid dienone is 1. The van der Waals surface area contributed by atoms with Crippen molar-refractivity contribution < 1.29 is 18.4 Å². The molecule has 164 valence electrons. The Morgan fingerprint density at radius 1 is 1.17 bits per heavy atom. The lowest BCUT2D eigenvalue weighted by atomic mass is 9.44. The number of nitrogens with zero attached hydrogens (tertiary/aromatic N) is 1. The van der Waals surface area contributed by atoms with Gasteiger partial charge in [-0.05, 0) is 79.6 Å². The summed E-state index contributed by atoms with van der Waals surface area (Å²) in [5.74, 6) is 1.05. The van der Waals surface area contributed by atoms with Crippen LogP contribution in [0, 0.1) is 34.5 Å².